The Balaban J connectivity index is 2.01. The Hall–Kier alpha value is -0.520. The first-order chi connectivity index (χ1) is 8.89. The minimum absolute atomic E-state index is 0.0821. The van der Waals surface area contributed by atoms with Crippen molar-refractivity contribution in [1.82, 2.24) is 5.32 Å². The Morgan fingerprint density at radius 3 is 2.84 bits per heavy atom. The summed E-state index contributed by atoms with van der Waals surface area (Å²) in [5.74, 6) is -1.04. The van der Waals surface area contributed by atoms with Crippen molar-refractivity contribution in [3.8, 4) is 0 Å². The molecule has 1 saturated heterocycles. The van der Waals surface area contributed by atoms with Crippen LogP contribution in [0.5, 0.6) is 0 Å². The zero-order valence-corrected chi connectivity index (χ0v) is 12.7. The molecule has 1 unspecified atom stereocenters. The highest BCUT2D eigenvalue weighted by Crippen LogP contribution is 2.25. The van der Waals surface area contributed by atoms with Crippen LogP contribution in [0.2, 0.25) is 0 Å². The van der Waals surface area contributed by atoms with E-state index in [1.54, 1.807) is 0 Å². The van der Waals surface area contributed by atoms with Crippen molar-refractivity contribution in [2.75, 3.05) is 6.61 Å². The summed E-state index contributed by atoms with van der Waals surface area (Å²) in [7, 11) is 0. The van der Waals surface area contributed by atoms with E-state index in [0.717, 1.165) is 12.8 Å². The zero-order valence-electron chi connectivity index (χ0n) is 11.1. The number of ether oxygens (including phenoxy) is 1. The third-order valence-corrected chi connectivity index (χ3v) is 4.02. The maximum atomic E-state index is 13.8. The first-order valence-corrected chi connectivity index (χ1v) is 7.18. The van der Waals surface area contributed by atoms with Gasteiger partial charge in [0.25, 0.3) is 0 Å². The molecule has 106 valence electrons. The molecule has 1 aliphatic heterocycles. The van der Waals surface area contributed by atoms with Gasteiger partial charge >= 0.3 is 0 Å². The summed E-state index contributed by atoms with van der Waals surface area (Å²) in [4.78, 5) is 0. The Morgan fingerprint density at radius 1 is 1.42 bits per heavy atom. The van der Waals surface area contributed by atoms with E-state index in [1.807, 2.05) is 13.8 Å². The summed E-state index contributed by atoms with van der Waals surface area (Å²) < 4.78 is 33.3. The summed E-state index contributed by atoms with van der Waals surface area (Å²) >= 11 is 3.07. The van der Waals surface area contributed by atoms with Crippen molar-refractivity contribution in [2.45, 2.75) is 44.9 Å². The zero-order chi connectivity index (χ0) is 14.0. The van der Waals surface area contributed by atoms with Crippen LogP contribution in [0.15, 0.2) is 16.6 Å². The lowest BCUT2D eigenvalue weighted by Crippen LogP contribution is -2.43. The quantitative estimate of drug-likeness (QED) is 0.850. The fourth-order valence-electron chi connectivity index (χ4n) is 2.38. The smallest absolute Gasteiger partial charge is 0.144 e. The van der Waals surface area contributed by atoms with Gasteiger partial charge in [-0.05, 0) is 54.8 Å². The minimum atomic E-state index is -0.529. The number of hydrogen-bond acceptors (Lipinski definition) is 2. The average Bonchev–Trinajstić information content (AvgIpc) is 2.33. The lowest BCUT2D eigenvalue weighted by Gasteiger charge is -2.36. The molecule has 1 aromatic rings. The molecule has 0 spiro atoms. The van der Waals surface area contributed by atoms with E-state index in [9.17, 15) is 8.78 Å². The van der Waals surface area contributed by atoms with Gasteiger partial charge in [0.15, 0.2) is 0 Å². The number of rotatable bonds is 3. The van der Waals surface area contributed by atoms with E-state index < -0.39 is 11.6 Å². The Kier molecular flexibility index (Phi) is 4.58. The van der Waals surface area contributed by atoms with E-state index in [4.69, 9.17) is 4.74 Å². The van der Waals surface area contributed by atoms with Gasteiger partial charge in [-0.1, -0.05) is 0 Å². The molecule has 5 heteroatoms. The van der Waals surface area contributed by atoms with Crippen molar-refractivity contribution in [3.05, 3.63) is 33.8 Å². The van der Waals surface area contributed by atoms with E-state index in [2.05, 4.69) is 21.2 Å². The summed E-state index contributed by atoms with van der Waals surface area (Å²) in [5.41, 5.74) is -0.0942. The molecule has 0 amide bonds. The summed E-state index contributed by atoms with van der Waals surface area (Å²) in [6.07, 6.45) is 1.70. The van der Waals surface area contributed by atoms with Crippen LogP contribution in [0.4, 0.5) is 8.78 Å². The largest absolute Gasteiger partial charge is 0.375 e. The predicted octanol–water partition coefficient (Wildman–Crippen LogP) is 3.77. The second kappa shape index (κ2) is 5.85. The molecule has 1 heterocycles. The molecule has 0 radical (unpaired) electrons. The highest BCUT2D eigenvalue weighted by molar-refractivity contribution is 9.10. The Bertz CT molecular complexity index is 465. The van der Waals surface area contributed by atoms with Gasteiger partial charge in [0.2, 0.25) is 0 Å². The number of benzene rings is 1. The molecule has 0 aromatic heterocycles. The molecule has 0 saturated carbocycles. The molecule has 1 fully saturated rings. The molecule has 1 N–H and O–H groups in total. The molecule has 0 bridgehead atoms. The van der Waals surface area contributed by atoms with Crippen molar-refractivity contribution < 1.29 is 13.5 Å². The van der Waals surface area contributed by atoms with Crippen molar-refractivity contribution in [2.24, 2.45) is 0 Å². The third kappa shape index (κ3) is 3.74. The van der Waals surface area contributed by atoms with Crippen LogP contribution in [-0.4, -0.2) is 18.2 Å². The van der Waals surface area contributed by atoms with Gasteiger partial charge in [-0.25, -0.2) is 8.78 Å². The van der Waals surface area contributed by atoms with Gasteiger partial charge in [0.05, 0.1) is 10.1 Å². The molecule has 1 aromatic carbocycles. The normalized spacial score (nSPS) is 22.5. The topological polar surface area (TPSA) is 21.3 Å². The molecular weight excluding hydrogens is 316 g/mol. The van der Waals surface area contributed by atoms with Crippen LogP contribution in [0, 0.1) is 11.6 Å². The van der Waals surface area contributed by atoms with Gasteiger partial charge in [0.1, 0.15) is 11.6 Å². The third-order valence-electron chi connectivity index (χ3n) is 3.40. The van der Waals surface area contributed by atoms with Gasteiger partial charge in [-0.15, -0.1) is 0 Å². The van der Waals surface area contributed by atoms with E-state index >= 15 is 0 Å². The maximum Gasteiger partial charge on any atom is 0.144 e. The number of hydrogen-bond donors (Lipinski definition) is 1. The second-order valence-electron chi connectivity index (χ2n) is 5.50. The SMILES string of the molecule is CC1(C)CC(NCc2c(F)ccc(Br)c2F)CCO1. The molecule has 0 aliphatic carbocycles. The summed E-state index contributed by atoms with van der Waals surface area (Å²) in [6.45, 7) is 4.92. The highest BCUT2D eigenvalue weighted by Gasteiger charge is 2.28. The number of nitrogens with one attached hydrogen (secondary N) is 1. The predicted molar refractivity (Wildman–Crippen MR) is 74.0 cm³/mol. The van der Waals surface area contributed by atoms with Gasteiger partial charge < -0.3 is 10.1 Å². The van der Waals surface area contributed by atoms with Crippen molar-refractivity contribution in [3.63, 3.8) is 0 Å². The fourth-order valence-corrected chi connectivity index (χ4v) is 2.76. The average molecular weight is 334 g/mol. The van der Waals surface area contributed by atoms with Crippen LogP contribution in [0.25, 0.3) is 0 Å². The van der Waals surface area contributed by atoms with Crippen LogP contribution in [0.1, 0.15) is 32.3 Å². The molecule has 2 rings (SSSR count). The monoisotopic (exact) mass is 333 g/mol. The first kappa shape index (κ1) is 14.9. The van der Waals surface area contributed by atoms with E-state index in [0.29, 0.717) is 6.61 Å². The molecule has 1 aliphatic rings. The van der Waals surface area contributed by atoms with Crippen LogP contribution < -0.4 is 5.32 Å². The Labute approximate surface area is 120 Å². The lowest BCUT2D eigenvalue weighted by molar-refractivity contribution is -0.0631. The fraction of sp³-hybridized carbons (Fsp3) is 0.571. The standard InChI is InChI=1S/C14H18BrF2NO/c1-14(2)7-9(5-6-19-14)18-8-10-12(16)4-3-11(15)13(10)17/h3-4,9,18H,5-8H2,1-2H3. The Morgan fingerprint density at radius 2 is 2.16 bits per heavy atom. The van der Waals surface area contributed by atoms with E-state index in [1.165, 1.54) is 12.1 Å². The summed E-state index contributed by atoms with van der Waals surface area (Å²) in [5, 5.41) is 3.22. The molecule has 19 heavy (non-hydrogen) atoms. The maximum absolute atomic E-state index is 13.8. The van der Waals surface area contributed by atoms with Crippen LogP contribution in [-0.2, 0) is 11.3 Å². The molecular formula is C14H18BrF2NO. The van der Waals surface area contributed by atoms with Crippen molar-refractivity contribution >= 4 is 15.9 Å². The van der Waals surface area contributed by atoms with Gasteiger partial charge in [-0.2, -0.15) is 0 Å². The highest BCUT2D eigenvalue weighted by atomic mass is 79.9. The van der Waals surface area contributed by atoms with Crippen molar-refractivity contribution in [1.29, 1.82) is 0 Å². The number of halogens is 3. The minimum Gasteiger partial charge on any atom is -0.375 e. The summed E-state index contributed by atoms with van der Waals surface area (Å²) in [6, 6.07) is 2.88. The lowest BCUT2D eigenvalue weighted by atomic mass is 9.94. The van der Waals surface area contributed by atoms with E-state index in [-0.39, 0.29) is 28.2 Å². The van der Waals surface area contributed by atoms with Gasteiger partial charge in [-0.3, -0.25) is 0 Å². The van der Waals surface area contributed by atoms with Gasteiger partial charge in [0, 0.05) is 24.8 Å². The van der Waals surface area contributed by atoms with Crippen LogP contribution >= 0.6 is 15.9 Å². The first-order valence-electron chi connectivity index (χ1n) is 6.39. The second-order valence-corrected chi connectivity index (χ2v) is 6.35. The molecule has 2 nitrogen and oxygen atoms in total. The van der Waals surface area contributed by atoms with Crippen LogP contribution in [0.3, 0.4) is 0 Å². The molecule has 1 atom stereocenters.